The number of amides is 2. The highest BCUT2D eigenvalue weighted by Gasteiger charge is 2.41. The van der Waals surface area contributed by atoms with Crippen LogP contribution in [0.15, 0.2) is 72.8 Å². The molecule has 266 valence electrons. The van der Waals surface area contributed by atoms with Crippen molar-refractivity contribution in [2.24, 2.45) is 5.92 Å². The maximum Gasteiger partial charge on any atom is 0.254 e. The van der Waals surface area contributed by atoms with Gasteiger partial charge in [-0.05, 0) is 88.1 Å². The van der Waals surface area contributed by atoms with Crippen molar-refractivity contribution < 1.29 is 30.0 Å². The maximum absolute atomic E-state index is 14.5. The Bertz CT molecular complexity index is 1510. The molecule has 0 saturated heterocycles. The Morgan fingerprint density at radius 3 is 2.14 bits per heavy atom. The predicted octanol–water partition coefficient (Wildman–Crippen LogP) is 5.67. The topological polar surface area (TPSA) is 122 Å². The second kappa shape index (κ2) is 17.4. The van der Waals surface area contributed by atoms with E-state index in [4.69, 9.17) is 0 Å². The van der Waals surface area contributed by atoms with E-state index in [0.29, 0.717) is 36.1 Å². The summed E-state index contributed by atoms with van der Waals surface area (Å²) in [7, 11) is 0. The second-order valence-corrected chi connectivity index (χ2v) is 14.3. The summed E-state index contributed by atoms with van der Waals surface area (Å²) in [6.07, 6.45) is 5.21. The molecule has 3 aromatic rings. The van der Waals surface area contributed by atoms with Gasteiger partial charge in [-0.15, -0.1) is 0 Å². The maximum atomic E-state index is 14.5. The van der Waals surface area contributed by atoms with Crippen LogP contribution in [0.25, 0.3) is 0 Å². The highest BCUT2D eigenvalue weighted by molar-refractivity contribution is 5.97. The molecule has 0 aliphatic heterocycles. The molecule has 8 nitrogen and oxygen atoms in total. The number of nitrogens with zero attached hydrogens (tertiary/aromatic N) is 2. The Kier molecular flexibility index (Phi) is 13.6. The number of carbonyl (C=O) groups is 2. The first-order valence-corrected chi connectivity index (χ1v) is 17.9. The van der Waals surface area contributed by atoms with Gasteiger partial charge < -0.3 is 30.2 Å². The Balaban J connectivity index is 1.57. The van der Waals surface area contributed by atoms with Crippen LogP contribution < -0.4 is 0 Å². The highest BCUT2D eigenvalue weighted by Crippen LogP contribution is 2.39. The van der Waals surface area contributed by atoms with E-state index in [9.17, 15) is 30.0 Å². The SMILES string of the molecule is CCC1(N(CCO)C(=O)c2ccccc2CCC(O)Cc2ccc(C)cc2C(=O)N(CC(CO)CO)C(C)(C)c2ccccc2)CCCC1. The molecular weight excluding hydrogens is 616 g/mol. The summed E-state index contributed by atoms with van der Waals surface area (Å²) in [5.74, 6) is -0.814. The third-order valence-corrected chi connectivity index (χ3v) is 10.6. The zero-order chi connectivity index (χ0) is 35.6. The van der Waals surface area contributed by atoms with Gasteiger partial charge in [0.2, 0.25) is 0 Å². The molecule has 0 spiro atoms. The fraction of sp³-hybridized carbons (Fsp3) is 0.512. The number of benzene rings is 3. The van der Waals surface area contributed by atoms with Crippen molar-refractivity contribution in [3.8, 4) is 0 Å². The molecule has 0 heterocycles. The molecule has 1 atom stereocenters. The predicted molar refractivity (Wildman–Crippen MR) is 193 cm³/mol. The van der Waals surface area contributed by atoms with E-state index in [1.165, 1.54) is 0 Å². The molecular formula is C41H56N2O6. The molecule has 0 radical (unpaired) electrons. The van der Waals surface area contributed by atoms with Gasteiger partial charge in [0.25, 0.3) is 11.8 Å². The minimum Gasteiger partial charge on any atom is -0.396 e. The Hall–Kier alpha value is -3.56. The number of carbonyl (C=O) groups excluding carboxylic acids is 2. The Labute approximate surface area is 292 Å². The number of aryl methyl sites for hydroxylation is 2. The molecule has 2 amide bonds. The number of rotatable bonds is 17. The number of aliphatic hydroxyl groups is 4. The van der Waals surface area contributed by atoms with Gasteiger partial charge in [0, 0.05) is 48.9 Å². The first-order chi connectivity index (χ1) is 23.5. The largest absolute Gasteiger partial charge is 0.396 e. The number of β-amino-alcohol motifs (C(OH)–C–C–N with tert-alkyl or cyclic N) is 1. The third-order valence-electron chi connectivity index (χ3n) is 10.6. The van der Waals surface area contributed by atoms with Crippen LogP contribution in [0.4, 0.5) is 0 Å². The summed E-state index contributed by atoms with van der Waals surface area (Å²) >= 11 is 0. The van der Waals surface area contributed by atoms with Gasteiger partial charge in [0.1, 0.15) is 0 Å². The summed E-state index contributed by atoms with van der Waals surface area (Å²) in [6.45, 7) is 7.82. The average Bonchev–Trinajstić information content (AvgIpc) is 3.61. The quantitative estimate of drug-likeness (QED) is 0.147. The monoisotopic (exact) mass is 672 g/mol. The van der Waals surface area contributed by atoms with Crippen molar-refractivity contribution in [1.82, 2.24) is 9.80 Å². The highest BCUT2D eigenvalue weighted by atomic mass is 16.3. The third kappa shape index (κ3) is 8.97. The fourth-order valence-corrected chi connectivity index (χ4v) is 7.48. The molecule has 1 aliphatic rings. The molecule has 4 N–H and O–H groups in total. The van der Waals surface area contributed by atoms with E-state index in [1.807, 2.05) is 98.5 Å². The van der Waals surface area contributed by atoms with Gasteiger partial charge in [-0.25, -0.2) is 0 Å². The lowest BCUT2D eigenvalue weighted by molar-refractivity contribution is 0.0366. The van der Waals surface area contributed by atoms with Gasteiger partial charge in [0.15, 0.2) is 0 Å². The minimum absolute atomic E-state index is 0.0699. The van der Waals surface area contributed by atoms with Crippen molar-refractivity contribution in [2.75, 3.05) is 32.9 Å². The van der Waals surface area contributed by atoms with Crippen molar-refractivity contribution in [2.45, 2.75) is 96.2 Å². The summed E-state index contributed by atoms with van der Waals surface area (Å²) in [4.78, 5) is 32.1. The van der Waals surface area contributed by atoms with Gasteiger partial charge in [0.05, 0.1) is 18.2 Å². The molecule has 3 aromatic carbocycles. The molecule has 1 unspecified atom stereocenters. The molecule has 1 aliphatic carbocycles. The van der Waals surface area contributed by atoms with Crippen LogP contribution >= 0.6 is 0 Å². The van der Waals surface area contributed by atoms with Crippen molar-refractivity contribution >= 4 is 11.8 Å². The first-order valence-electron chi connectivity index (χ1n) is 17.9. The fourth-order valence-electron chi connectivity index (χ4n) is 7.48. The van der Waals surface area contributed by atoms with Crippen LogP contribution in [0.3, 0.4) is 0 Å². The summed E-state index contributed by atoms with van der Waals surface area (Å²) in [5, 5.41) is 41.2. The van der Waals surface area contributed by atoms with E-state index >= 15 is 0 Å². The normalized spacial score (nSPS) is 15.0. The van der Waals surface area contributed by atoms with Crippen LogP contribution in [0.2, 0.25) is 0 Å². The smallest absolute Gasteiger partial charge is 0.254 e. The van der Waals surface area contributed by atoms with E-state index in [1.54, 1.807) is 4.90 Å². The molecule has 0 bridgehead atoms. The van der Waals surface area contributed by atoms with Crippen LogP contribution in [0.5, 0.6) is 0 Å². The molecule has 0 aromatic heterocycles. The zero-order valence-electron chi connectivity index (χ0n) is 29.8. The first kappa shape index (κ1) is 38.2. The lowest BCUT2D eigenvalue weighted by Gasteiger charge is -2.41. The minimum atomic E-state index is -0.777. The van der Waals surface area contributed by atoms with Crippen LogP contribution in [-0.4, -0.2) is 86.6 Å². The van der Waals surface area contributed by atoms with Crippen LogP contribution in [0, 0.1) is 12.8 Å². The lowest BCUT2D eigenvalue weighted by Crippen LogP contribution is -2.51. The van der Waals surface area contributed by atoms with Crippen LogP contribution in [0.1, 0.15) is 102 Å². The lowest BCUT2D eigenvalue weighted by atomic mass is 9.88. The summed E-state index contributed by atoms with van der Waals surface area (Å²) in [5.41, 5.74) is 3.50. The molecule has 1 fully saturated rings. The van der Waals surface area contributed by atoms with Crippen LogP contribution in [-0.2, 0) is 18.4 Å². The molecule has 1 saturated carbocycles. The van der Waals surface area contributed by atoms with E-state index in [-0.39, 0.29) is 50.1 Å². The molecule has 8 heteroatoms. The van der Waals surface area contributed by atoms with Gasteiger partial charge in [-0.1, -0.05) is 86.0 Å². The Morgan fingerprint density at radius 2 is 1.51 bits per heavy atom. The van der Waals surface area contributed by atoms with Gasteiger partial charge in [-0.3, -0.25) is 9.59 Å². The average molecular weight is 673 g/mol. The van der Waals surface area contributed by atoms with Crippen molar-refractivity contribution in [3.63, 3.8) is 0 Å². The summed E-state index contributed by atoms with van der Waals surface area (Å²) < 4.78 is 0. The van der Waals surface area contributed by atoms with E-state index in [2.05, 4.69) is 6.92 Å². The van der Waals surface area contributed by atoms with Gasteiger partial charge in [-0.2, -0.15) is 0 Å². The summed E-state index contributed by atoms with van der Waals surface area (Å²) in [6, 6.07) is 22.9. The van der Waals surface area contributed by atoms with E-state index < -0.39 is 17.6 Å². The number of hydrogen-bond donors (Lipinski definition) is 4. The Morgan fingerprint density at radius 1 is 0.857 bits per heavy atom. The van der Waals surface area contributed by atoms with E-state index in [0.717, 1.165) is 48.8 Å². The molecule has 49 heavy (non-hydrogen) atoms. The van der Waals surface area contributed by atoms with Crippen molar-refractivity contribution in [1.29, 1.82) is 0 Å². The van der Waals surface area contributed by atoms with Gasteiger partial charge >= 0.3 is 0 Å². The molecule has 4 rings (SSSR count). The standard InChI is InChI=1S/C41H56N2O6/c1-5-41(21-11-12-22-41)42(23-24-44)38(48)36-16-10-9-13-32(36)19-20-35(47)26-33-18-17-30(2)25-37(33)39(49)43(27-31(28-45)29-46)40(3,4)34-14-7-6-8-15-34/h6-10,13-18,25,31,35,44-47H,5,11-12,19-24,26-29H2,1-4H3. The number of aliphatic hydroxyl groups excluding tert-OH is 4. The second-order valence-electron chi connectivity index (χ2n) is 14.3. The van der Waals surface area contributed by atoms with Crippen molar-refractivity contribution in [3.05, 3.63) is 106 Å². The number of hydrogen-bond acceptors (Lipinski definition) is 6. The zero-order valence-corrected chi connectivity index (χ0v) is 29.8.